The minimum atomic E-state index is 0. The van der Waals surface area contributed by atoms with Crippen LogP contribution < -0.4 is 10.6 Å². The summed E-state index contributed by atoms with van der Waals surface area (Å²) in [7, 11) is 1.83. The van der Waals surface area contributed by atoms with Crippen molar-refractivity contribution in [2.45, 2.75) is 52.1 Å². The van der Waals surface area contributed by atoms with E-state index in [4.69, 9.17) is 0 Å². The predicted molar refractivity (Wildman–Crippen MR) is 109 cm³/mol. The first-order chi connectivity index (χ1) is 11.3. The van der Waals surface area contributed by atoms with E-state index in [9.17, 15) is 0 Å². The average molecular weight is 449 g/mol. The molecule has 0 aromatic carbocycles. The molecule has 1 fully saturated rings. The van der Waals surface area contributed by atoms with Gasteiger partial charge in [-0.1, -0.05) is 13.8 Å². The molecule has 1 aliphatic rings. The third-order valence-corrected chi connectivity index (χ3v) is 4.35. The highest BCUT2D eigenvalue weighted by atomic mass is 127. The van der Waals surface area contributed by atoms with Gasteiger partial charge in [0, 0.05) is 45.7 Å². The van der Waals surface area contributed by atoms with Crippen molar-refractivity contribution in [3.8, 4) is 0 Å². The largest absolute Gasteiger partial charge is 0.355 e. The van der Waals surface area contributed by atoms with E-state index in [1.165, 1.54) is 38.9 Å². The van der Waals surface area contributed by atoms with E-state index < -0.39 is 0 Å². The molecular weight excluding hydrogens is 417 g/mol. The van der Waals surface area contributed by atoms with Crippen LogP contribution in [0.3, 0.4) is 0 Å². The van der Waals surface area contributed by atoms with Crippen molar-refractivity contribution >= 4 is 29.9 Å². The number of hydrogen-bond donors (Lipinski definition) is 2. The Labute approximate surface area is 162 Å². The van der Waals surface area contributed by atoms with Crippen molar-refractivity contribution < 1.29 is 0 Å². The van der Waals surface area contributed by atoms with E-state index in [2.05, 4.69) is 49.1 Å². The molecule has 0 spiro atoms. The van der Waals surface area contributed by atoms with Gasteiger partial charge in [0.05, 0.1) is 0 Å². The van der Waals surface area contributed by atoms with Crippen molar-refractivity contribution in [3.63, 3.8) is 0 Å². The summed E-state index contributed by atoms with van der Waals surface area (Å²) in [4.78, 5) is 6.89. The van der Waals surface area contributed by atoms with E-state index in [-0.39, 0.29) is 24.0 Å². The van der Waals surface area contributed by atoms with Crippen molar-refractivity contribution in [1.29, 1.82) is 0 Å². The van der Waals surface area contributed by atoms with Crippen molar-refractivity contribution in [2.75, 3.05) is 33.2 Å². The summed E-state index contributed by atoms with van der Waals surface area (Å²) in [5.41, 5.74) is 0. The fourth-order valence-corrected chi connectivity index (χ4v) is 3.04. The van der Waals surface area contributed by atoms with Crippen LogP contribution in [0.1, 0.15) is 38.9 Å². The number of nitrogens with zero attached hydrogens (tertiary/aromatic N) is 5. The highest BCUT2D eigenvalue weighted by Gasteiger charge is 2.19. The van der Waals surface area contributed by atoms with Crippen LogP contribution in [-0.2, 0) is 13.0 Å². The lowest BCUT2D eigenvalue weighted by Crippen LogP contribution is -2.49. The Morgan fingerprint density at radius 1 is 1.29 bits per heavy atom. The van der Waals surface area contributed by atoms with Crippen LogP contribution in [0.25, 0.3) is 0 Å². The summed E-state index contributed by atoms with van der Waals surface area (Å²) >= 11 is 0. The number of nitrogens with one attached hydrogen (secondary N) is 2. The number of guanidine groups is 1. The van der Waals surface area contributed by atoms with Crippen LogP contribution in [0.5, 0.6) is 0 Å². The Balaban J connectivity index is 0.00000288. The Kier molecular flexibility index (Phi) is 10.2. The van der Waals surface area contributed by atoms with Crippen LogP contribution in [0.2, 0.25) is 0 Å². The van der Waals surface area contributed by atoms with Crippen molar-refractivity contribution in [1.82, 2.24) is 30.3 Å². The first-order valence-electron chi connectivity index (χ1n) is 8.83. The second-order valence-electron chi connectivity index (χ2n) is 6.05. The highest BCUT2D eigenvalue weighted by Crippen LogP contribution is 2.10. The predicted octanol–water partition coefficient (Wildman–Crippen LogP) is 1.50. The number of rotatable bonds is 7. The molecule has 0 saturated carbocycles. The summed E-state index contributed by atoms with van der Waals surface area (Å²) in [6.45, 7) is 9.60. The summed E-state index contributed by atoms with van der Waals surface area (Å²) < 4.78 is 2.09. The van der Waals surface area contributed by atoms with Crippen molar-refractivity contribution in [2.24, 2.45) is 4.99 Å². The summed E-state index contributed by atoms with van der Waals surface area (Å²) in [5.74, 6) is 1.92. The Morgan fingerprint density at radius 2 is 2.04 bits per heavy atom. The number of piperidine rings is 1. The second kappa shape index (κ2) is 11.6. The lowest BCUT2D eigenvalue weighted by atomic mass is 10.1. The van der Waals surface area contributed by atoms with E-state index in [0.29, 0.717) is 6.04 Å². The fraction of sp³-hybridized carbons (Fsp3) is 0.812. The van der Waals surface area contributed by atoms with Gasteiger partial charge in [0.25, 0.3) is 0 Å². The van der Waals surface area contributed by atoms with E-state index in [1.807, 2.05) is 7.05 Å². The van der Waals surface area contributed by atoms with Gasteiger partial charge in [-0.25, -0.2) is 0 Å². The Hall–Kier alpha value is -0.900. The molecule has 0 amide bonds. The topological polar surface area (TPSA) is 70.4 Å². The molecule has 0 bridgehead atoms. The first kappa shape index (κ1) is 21.1. The molecule has 0 unspecified atom stereocenters. The molecule has 24 heavy (non-hydrogen) atoms. The second-order valence-corrected chi connectivity index (χ2v) is 6.05. The monoisotopic (exact) mass is 449 g/mol. The lowest BCUT2D eigenvalue weighted by Gasteiger charge is -2.32. The molecule has 0 aliphatic carbocycles. The smallest absolute Gasteiger partial charge is 0.191 e. The third kappa shape index (κ3) is 6.54. The maximum atomic E-state index is 4.34. The minimum Gasteiger partial charge on any atom is -0.355 e. The maximum absolute atomic E-state index is 4.34. The summed E-state index contributed by atoms with van der Waals surface area (Å²) in [5, 5.41) is 15.0. The lowest BCUT2D eigenvalue weighted by molar-refractivity contribution is 0.206. The number of aromatic nitrogens is 3. The van der Waals surface area contributed by atoms with E-state index >= 15 is 0 Å². The zero-order valence-corrected chi connectivity index (χ0v) is 17.5. The number of aliphatic imine (C=N–C) groups is 1. The van der Waals surface area contributed by atoms with Gasteiger partial charge in [0.2, 0.25) is 0 Å². The molecule has 1 aliphatic heterocycles. The van der Waals surface area contributed by atoms with Gasteiger partial charge < -0.3 is 20.1 Å². The number of likely N-dealkylation sites (tertiary alicyclic amines) is 1. The zero-order chi connectivity index (χ0) is 16.5. The summed E-state index contributed by atoms with van der Waals surface area (Å²) in [6.07, 6.45) is 6.31. The van der Waals surface area contributed by atoms with Gasteiger partial charge in [-0.15, -0.1) is 34.2 Å². The minimum absolute atomic E-state index is 0. The molecule has 2 heterocycles. The highest BCUT2D eigenvalue weighted by molar-refractivity contribution is 14.0. The normalized spacial score (nSPS) is 16.7. The molecule has 1 aromatic heterocycles. The number of halogens is 1. The molecule has 2 rings (SSSR count). The molecule has 2 N–H and O–H groups in total. The van der Waals surface area contributed by atoms with Crippen LogP contribution in [0, 0.1) is 0 Å². The SMILES string of the molecule is CCCN1CCC(NC(=NC)NCCn2cnnc2CC)CC1.I. The van der Waals surface area contributed by atoms with E-state index in [1.54, 1.807) is 6.33 Å². The molecular formula is C16H32IN7. The number of hydrogen-bond acceptors (Lipinski definition) is 4. The molecule has 8 heteroatoms. The van der Waals surface area contributed by atoms with Crippen molar-refractivity contribution in [3.05, 3.63) is 12.2 Å². The molecule has 0 atom stereocenters. The molecule has 138 valence electrons. The van der Waals surface area contributed by atoms with E-state index in [0.717, 1.165) is 31.3 Å². The van der Waals surface area contributed by atoms with Gasteiger partial charge in [0.1, 0.15) is 12.2 Å². The fourth-order valence-electron chi connectivity index (χ4n) is 3.04. The van der Waals surface area contributed by atoms with Crippen LogP contribution in [-0.4, -0.2) is 64.9 Å². The quantitative estimate of drug-likeness (QED) is 0.375. The standard InChI is InChI=1S/C16H31N7.HI/c1-4-9-22-10-6-14(7-11-22)20-16(17-3)18-8-12-23-13-19-21-15(23)5-2;/h13-14H,4-12H2,1-3H3,(H2,17,18,20);1H. The average Bonchev–Trinajstić information content (AvgIpc) is 3.03. The van der Waals surface area contributed by atoms with Crippen LogP contribution in [0.4, 0.5) is 0 Å². The molecule has 7 nitrogen and oxygen atoms in total. The Bertz CT molecular complexity index is 481. The third-order valence-electron chi connectivity index (χ3n) is 4.35. The van der Waals surface area contributed by atoms with Gasteiger partial charge in [-0.2, -0.15) is 0 Å². The molecule has 1 saturated heterocycles. The molecule has 0 radical (unpaired) electrons. The number of aryl methyl sites for hydroxylation is 1. The first-order valence-corrected chi connectivity index (χ1v) is 8.83. The maximum Gasteiger partial charge on any atom is 0.191 e. The van der Waals surface area contributed by atoms with Gasteiger partial charge >= 0.3 is 0 Å². The molecule has 1 aromatic rings. The van der Waals surface area contributed by atoms with Crippen LogP contribution >= 0.6 is 24.0 Å². The Morgan fingerprint density at radius 3 is 2.67 bits per heavy atom. The van der Waals surface area contributed by atoms with Gasteiger partial charge in [-0.05, 0) is 25.8 Å². The van der Waals surface area contributed by atoms with Gasteiger partial charge in [-0.3, -0.25) is 4.99 Å². The van der Waals surface area contributed by atoms with Crippen LogP contribution in [0.15, 0.2) is 11.3 Å². The summed E-state index contributed by atoms with van der Waals surface area (Å²) in [6, 6.07) is 0.524. The van der Waals surface area contributed by atoms with Gasteiger partial charge in [0.15, 0.2) is 5.96 Å². The zero-order valence-electron chi connectivity index (χ0n) is 15.2.